The lowest BCUT2D eigenvalue weighted by Gasteiger charge is -2.04. The van der Waals surface area contributed by atoms with Crippen LogP contribution in [-0.4, -0.2) is 17.8 Å². The summed E-state index contributed by atoms with van der Waals surface area (Å²) >= 11 is 7.05. The van der Waals surface area contributed by atoms with Gasteiger partial charge in [-0.25, -0.2) is 0 Å². The van der Waals surface area contributed by atoms with Gasteiger partial charge >= 0.3 is 5.38 Å². The maximum atomic E-state index is 12.1. The molecule has 70 valence electrons. The van der Waals surface area contributed by atoms with E-state index in [-0.39, 0.29) is 11.1 Å². The highest BCUT2D eigenvalue weighted by Gasteiger charge is 2.37. The van der Waals surface area contributed by atoms with Crippen molar-refractivity contribution in [1.82, 2.24) is 0 Å². The first-order chi connectivity index (χ1) is 5.39. The second-order valence-corrected chi connectivity index (χ2v) is 3.08. The number of carbonyl (C=O) groups excluding carboxylic acids is 1. The number of rotatable bonds is 4. The summed E-state index contributed by atoms with van der Waals surface area (Å²) in [6, 6.07) is 0. The minimum atomic E-state index is -3.88. The van der Waals surface area contributed by atoms with Crippen LogP contribution in [0.15, 0.2) is 10.7 Å². The van der Waals surface area contributed by atoms with E-state index >= 15 is 0 Å². The number of ketones is 1. The molecule has 6 heteroatoms. The minimum absolute atomic E-state index is 0.288. The van der Waals surface area contributed by atoms with Crippen molar-refractivity contribution < 1.29 is 18.3 Å². The van der Waals surface area contributed by atoms with Crippen LogP contribution in [0.2, 0.25) is 0 Å². The molecule has 0 bridgehead atoms. The quantitative estimate of drug-likeness (QED) is 0.443. The predicted molar refractivity (Wildman–Crippen MR) is 44.4 cm³/mol. The Balaban J connectivity index is 4.30. The van der Waals surface area contributed by atoms with Gasteiger partial charge < -0.3 is 4.74 Å². The van der Waals surface area contributed by atoms with E-state index in [1.807, 2.05) is 0 Å². The average Bonchev–Trinajstić information content (AvgIpc) is 1.97. The molecule has 0 spiro atoms. The van der Waals surface area contributed by atoms with Crippen molar-refractivity contribution in [3.05, 3.63) is 10.7 Å². The smallest absolute Gasteiger partial charge is 0.385 e. The van der Waals surface area contributed by atoms with Crippen LogP contribution in [0.1, 0.15) is 6.92 Å². The van der Waals surface area contributed by atoms with Crippen LogP contribution in [-0.2, 0) is 9.53 Å². The van der Waals surface area contributed by atoms with E-state index in [1.54, 1.807) is 6.92 Å². The molecule has 0 unspecified atom stereocenters. The molecule has 0 saturated carbocycles. The van der Waals surface area contributed by atoms with Crippen molar-refractivity contribution >= 4 is 33.3 Å². The SMILES string of the molecule is CCO/C=C(\Br)C(=O)C(F)(F)Cl. The van der Waals surface area contributed by atoms with Gasteiger partial charge in [0.25, 0.3) is 5.78 Å². The molecule has 0 atom stereocenters. The first kappa shape index (κ1) is 11.8. The molecule has 0 amide bonds. The lowest BCUT2D eigenvalue weighted by atomic mass is 10.4. The number of carbonyl (C=O) groups is 1. The monoisotopic (exact) mass is 262 g/mol. The zero-order valence-corrected chi connectivity index (χ0v) is 8.45. The van der Waals surface area contributed by atoms with E-state index in [2.05, 4.69) is 32.3 Å². The van der Waals surface area contributed by atoms with Gasteiger partial charge in [-0.2, -0.15) is 8.78 Å². The van der Waals surface area contributed by atoms with Gasteiger partial charge in [-0.15, -0.1) is 0 Å². The Kier molecular flexibility index (Phi) is 4.70. The van der Waals surface area contributed by atoms with E-state index in [9.17, 15) is 13.6 Å². The van der Waals surface area contributed by atoms with E-state index < -0.39 is 11.2 Å². The van der Waals surface area contributed by atoms with Gasteiger partial charge in [-0.05, 0) is 34.5 Å². The molecule has 0 aliphatic carbocycles. The maximum Gasteiger partial charge on any atom is 0.385 e. The third kappa shape index (κ3) is 4.01. The van der Waals surface area contributed by atoms with E-state index in [4.69, 9.17) is 0 Å². The zero-order valence-electron chi connectivity index (χ0n) is 6.11. The predicted octanol–water partition coefficient (Wildman–Crippen LogP) is 2.66. The molecule has 0 aromatic heterocycles. The van der Waals surface area contributed by atoms with Gasteiger partial charge in [0.1, 0.15) is 10.7 Å². The third-order valence-electron chi connectivity index (χ3n) is 0.828. The second kappa shape index (κ2) is 4.77. The Hall–Kier alpha value is -0.160. The molecule has 0 radical (unpaired) electrons. The second-order valence-electron chi connectivity index (χ2n) is 1.75. The Labute approximate surface area is 81.7 Å². The van der Waals surface area contributed by atoms with Gasteiger partial charge in [0.05, 0.1) is 6.61 Å². The molecule has 12 heavy (non-hydrogen) atoms. The van der Waals surface area contributed by atoms with Crippen LogP contribution in [0.3, 0.4) is 0 Å². The highest BCUT2D eigenvalue weighted by Crippen LogP contribution is 2.26. The fourth-order valence-electron chi connectivity index (χ4n) is 0.345. The summed E-state index contributed by atoms with van der Waals surface area (Å²) in [5, 5.41) is -3.88. The number of hydrogen-bond acceptors (Lipinski definition) is 2. The zero-order chi connectivity index (χ0) is 9.78. The third-order valence-corrected chi connectivity index (χ3v) is 1.55. The normalized spacial score (nSPS) is 12.9. The summed E-state index contributed by atoms with van der Waals surface area (Å²) in [5.74, 6) is -1.52. The summed E-state index contributed by atoms with van der Waals surface area (Å²) in [4.78, 5) is 10.6. The Morgan fingerprint density at radius 1 is 1.75 bits per heavy atom. The molecule has 2 nitrogen and oxygen atoms in total. The number of alkyl halides is 3. The van der Waals surface area contributed by atoms with Crippen molar-refractivity contribution in [1.29, 1.82) is 0 Å². The molecule has 0 aromatic carbocycles. The van der Waals surface area contributed by atoms with Gasteiger partial charge in [0, 0.05) is 0 Å². The largest absolute Gasteiger partial charge is 0.500 e. The molecule has 0 rings (SSSR count). The Bertz CT molecular complexity index is 200. The maximum absolute atomic E-state index is 12.1. The van der Waals surface area contributed by atoms with Gasteiger partial charge in [-0.3, -0.25) is 4.79 Å². The topological polar surface area (TPSA) is 26.3 Å². The number of ether oxygens (including phenoxy) is 1. The first-order valence-corrected chi connectivity index (χ1v) is 4.15. The van der Waals surface area contributed by atoms with Crippen molar-refractivity contribution in [2.75, 3.05) is 6.61 Å². The van der Waals surface area contributed by atoms with E-state index in [0.29, 0.717) is 0 Å². The Morgan fingerprint density at radius 3 is 2.58 bits per heavy atom. The summed E-state index contributed by atoms with van der Waals surface area (Å²) < 4.78 is 28.4. The fraction of sp³-hybridized carbons (Fsp3) is 0.500. The van der Waals surface area contributed by atoms with Crippen molar-refractivity contribution in [3.63, 3.8) is 0 Å². The minimum Gasteiger partial charge on any atom is -0.500 e. The molecule has 0 N–H and O–H groups in total. The lowest BCUT2D eigenvalue weighted by Crippen LogP contribution is -2.21. The van der Waals surface area contributed by atoms with Gasteiger partial charge in [-0.1, -0.05) is 0 Å². The van der Waals surface area contributed by atoms with Crippen LogP contribution in [0.25, 0.3) is 0 Å². The molecule has 0 aliphatic heterocycles. The summed E-state index contributed by atoms with van der Waals surface area (Å²) in [7, 11) is 0. The highest BCUT2D eigenvalue weighted by atomic mass is 79.9. The molecule has 0 aliphatic rings. The molecule has 0 saturated heterocycles. The number of halogens is 4. The van der Waals surface area contributed by atoms with Crippen LogP contribution in [0.5, 0.6) is 0 Å². The van der Waals surface area contributed by atoms with Gasteiger partial charge in [0.2, 0.25) is 0 Å². The number of Topliss-reactive ketones (excluding diaryl/α,β-unsaturated/α-hetero) is 1. The number of allylic oxidation sites excluding steroid dienone is 1. The number of hydrogen-bond donors (Lipinski definition) is 0. The van der Waals surface area contributed by atoms with Crippen LogP contribution in [0, 0.1) is 0 Å². The van der Waals surface area contributed by atoms with Crippen LogP contribution < -0.4 is 0 Å². The van der Waals surface area contributed by atoms with Crippen molar-refractivity contribution in [2.45, 2.75) is 12.3 Å². The molecule has 0 heterocycles. The Morgan fingerprint density at radius 2 is 2.25 bits per heavy atom. The highest BCUT2D eigenvalue weighted by molar-refractivity contribution is 9.12. The molecular weight excluding hydrogens is 257 g/mol. The summed E-state index contributed by atoms with van der Waals surface area (Å²) in [6.45, 7) is 1.94. The van der Waals surface area contributed by atoms with Crippen LogP contribution >= 0.6 is 27.5 Å². The fourth-order valence-corrected chi connectivity index (χ4v) is 0.943. The standard InChI is InChI=1S/C6H6BrClF2O2/c1-2-12-3-4(7)5(11)6(8,9)10/h3H,2H2,1H3/b4-3-. The van der Waals surface area contributed by atoms with E-state index in [1.165, 1.54) is 0 Å². The van der Waals surface area contributed by atoms with Gasteiger partial charge in [0.15, 0.2) is 0 Å². The van der Waals surface area contributed by atoms with E-state index in [0.717, 1.165) is 6.26 Å². The van der Waals surface area contributed by atoms with Crippen LogP contribution in [0.4, 0.5) is 8.78 Å². The van der Waals surface area contributed by atoms with Crippen molar-refractivity contribution in [3.8, 4) is 0 Å². The molecule has 0 fully saturated rings. The summed E-state index contributed by atoms with van der Waals surface area (Å²) in [5.41, 5.74) is 0. The molecular formula is C6H6BrClF2O2. The summed E-state index contributed by atoms with van der Waals surface area (Å²) in [6.07, 6.45) is 0.888. The first-order valence-electron chi connectivity index (χ1n) is 2.98. The molecule has 0 aromatic rings. The average molecular weight is 263 g/mol. The lowest BCUT2D eigenvalue weighted by molar-refractivity contribution is -0.128. The van der Waals surface area contributed by atoms with Crippen molar-refractivity contribution in [2.24, 2.45) is 0 Å².